The zero-order valence-electron chi connectivity index (χ0n) is 25.5. The van der Waals surface area contributed by atoms with Gasteiger partial charge in [0.1, 0.15) is 5.60 Å². The minimum Gasteiger partial charge on any atom is -0.444 e. The third-order valence-corrected chi connectivity index (χ3v) is 6.71. The molecule has 5 heteroatoms. The van der Waals surface area contributed by atoms with Gasteiger partial charge in [0.2, 0.25) is 0 Å². The number of unbranched alkanes of at least 4 members (excludes halogenated alkanes) is 5. The van der Waals surface area contributed by atoms with Crippen molar-refractivity contribution in [3.8, 4) is 0 Å². The van der Waals surface area contributed by atoms with Crippen molar-refractivity contribution in [1.29, 1.82) is 0 Å². The Morgan fingerprint density at radius 2 is 1.39 bits per heavy atom. The summed E-state index contributed by atoms with van der Waals surface area (Å²) in [5.41, 5.74) is 0.0988. The van der Waals surface area contributed by atoms with Gasteiger partial charge in [-0.05, 0) is 71.8 Å². The summed E-state index contributed by atoms with van der Waals surface area (Å²) in [6.45, 7) is 30.3. The van der Waals surface area contributed by atoms with Crippen LogP contribution >= 0.6 is 0 Å². The molecule has 1 unspecified atom stereocenters. The fourth-order valence-electron chi connectivity index (χ4n) is 4.76. The molecule has 0 N–H and O–H groups in total. The monoisotopic (exact) mass is 507 g/mol. The summed E-state index contributed by atoms with van der Waals surface area (Å²) in [5.74, 6) is 0.121. The molecule has 36 heavy (non-hydrogen) atoms. The van der Waals surface area contributed by atoms with E-state index in [1.807, 2.05) is 27.7 Å². The summed E-state index contributed by atoms with van der Waals surface area (Å²) in [6, 6.07) is -0.489. The number of carbonyl (C=O) groups excluding carboxylic acids is 2. The van der Waals surface area contributed by atoms with E-state index in [-0.39, 0.29) is 24.3 Å². The molecule has 1 amide bonds. The highest BCUT2D eigenvalue weighted by atomic mass is 16.6. The molecule has 2 atom stereocenters. The first-order valence-corrected chi connectivity index (χ1v) is 13.8. The van der Waals surface area contributed by atoms with Gasteiger partial charge in [-0.15, -0.1) is 0 Å². The zero-order valence-corrected chi connectivity index (χ0v) is 25.5. The minimum absolute atomic E-state index is 0.0619. The van der Waals surface area contributed by atoms with Gasteiger partial charge in [0.25, 0.3) is 0 Å². The van der Waals surface area contributed by atoms with Gasteiger partial charge in [-0.3, -0.25) is 9.69 Å². The van der Waals surface area contributed by atoms with E-state index in [1.165, 1.54) is 43.4 Å². The Labute approximate surface area is 223 Å². The molecule has 0 rings (SSSR count). The summed E-state index contributed by atoms with van der Waals surface area (Å²) >= 11 is 0. The third kappa shape index (κ3) is 13.1. The van der Waals surface area contributed by atoms with Crippen LogP contribution in [0.2, 0.25) is 0 Å². The van der Waals surface area contributed by atoms with Gasteiger partial charge in [0, 0.05) is 0 Å². The second-order valence-electron chi connectivity index (χ2n) is 13.1. The zero-order chi connectivity index (χ0) is 28.3. The number of Topliss-reactive ketones (excluding diaryl/α,β-unsaturated/α-hetero) is 1. The van der Waals surface area contributed by atoms with E-state index in [9.17, 15) is 9.59 Å². The molecule has 0 aromatic heterocycles. The molecule has 5 nitrogen and oxygen atoms in total. The Morgan fingerprint density at radius 3 is 1.83 bits per heavy atom. The second kappa shape index (κ2) is 15.0. The Morgan fingerprint density at radius 1 is 0.861 bits per heavy atom. The van der Waals surface area contributed by atoms with Gasteiger partial charge in [-0.25, -0.2) is 4.79 Å². The quantitative estimate of drug-likeness (QED) is 0.119. The topological polar surface area (TPSA) is 55.8 Å². The van der Waals surface area contributed by atoms with Crippen molar-refractivity contribution in [3.05, 3.63) is 24.3 Å². The average Bonchev–Trinajstić information content (AvgIpc) is 2.69. The van der Waals surface area contributed by atoms with Gasteiger partial charge in [0.05, 0.1) is 24.8 Å². The van der Waals surface area contributed by atoms with Crippen molar-refractivity contribution in [1.82, 2.24) is 4.90 Å². The maximum Gasteiger partial charge on any atom is 0.411 e. The SMILES string of the molecule is C=C(C)C(=O)CN(C(=O)OC(C)(C)C)[C@H](COC(C)(C)C(CCCCCCCC)C(C)(C)C)C(=C)C. The van der Waals surface area contributed by atoms with Gasteiger partial charge in [-0.1, -0.05) is 85.0 Å². The molecule has 0 radical (unpaired) electrons. The van der Waals surface area contributed by atoms with E-state index in [0.29, 0.717) is 11.5 Å². The lowest BCUT2D eigenvalue weighted by atomic mass is 9.69. The number of rotatable bonds is 16. The second-order valence-corrected chi connectivity index (χ2v) is 13.1. The lowest BCUT2D eigenvalue weighted by molar-refractivity contribution is -0.120. The molecule has 0 aliphatic carbocycles. The highest BCUT2D eigenvalue weighted by Gasteiger charge is 2.40. The Balaban J connectivity index is 5.70. The van der Waals surface area contributed by atoms with Crippen molar-refractivity contribution < 1.29 is 19.1 Å². The number of hydrogen-bond donors (Lipinski definition) is 0. The van der Waals surface area contributed by atoms with E-state index in [4.69, 9.17) is 9.47 Å². The number of carbonyl (C=O) groups is 2. The van der Waals surface area contributed by atoms with E-state index in [0.717, 1.165) is 12.0 Å². The van der Waals surface area contributed by atoms with Crippen molar-refractivity contribution in [2.24, 2.45) is 11.3 Å². The van der Waals surface area contributed by atoms with Crippen LogP contribution in [0, 0.1) is 11.3 Å². The molecular weight excluding hydrogens is 450 g/mol. The predicted molar refractivity (Wildman–Crippen MR) is 152 cm³/mol. The molecule has 0 saturated heterocycles. The van der Waals surface area contributed by atoms with E-state index < -0.39 is 23.3 Å². The molecule has 0 heterocycles. The third-order valence-electron chi connectivity index (χ3n) is 6.71. The maximum absolute atomic E-state index is 13.2. The molecule has 0 aliphatic rings. The van der Waals surface area contributed by atoms with Crippen LogP contribution in [0.15, 0.2) is 24.3 Å². The molecule has 210 valence electrons. The van der Waals surface area contributed by atoms with E-state index in [1.54, 1.807) is 6.92 Å². The number of ether oxygens (including phenoxy) is 2. The van der Waals surface area contributed by atoms with Crippen LogP contribution in [0.3, 0.4) is 0 Å². The van der Waals surface area contributed by atoms with Crippen LogP contribution in [0.5, 0.6) is 0 Å². The maximum atomic E-state index is 13.2. The molecule has 0 aromatic carbocycles. The molecule has 0 fully saturated rings. The van der Waals surface area contributed by atoms with Gasteiger partial charge < -0.3 is 9.47 Å². The molecule has 0 aromatic rings. The summed E-state index contributed by atoms with van der Waals surface area (Å²) < 4.78 is 12.2. The van der Waals surface area contributed by atoms with Crippen LogP contribution in [0.25, 0.3) is 0 Å². The number of ketones is 1. The first kappa shape index (κ1) is 34.4. The van der Waals surface area contributed by atoms with Crippen molar-refractivity contribution in [3.63, 3.8) is 0 Å². The smallest absolute Gasteiger partial charge is 0.411 e. The van der Waals surface area contributed by atoms with E-state index >= 15 is 0 Å². The molecule has 0 saturated carbocycles. The van der Waals surface area contributed by atoms with Crippen LogP contribution < -0.4 is 0 Å². The molecular formula is C31H57NO4. The summed E-state index contributed by atoms with van der Waals surface area (Å²) in [4.78, 5) is 27.2. The largest absolute Gasteiger partial charge is 0.444 e. The summed E-state index contributed by atoms with van der Waals surface area (Å²) in [7, 11) is 0. The number of nitrogens with zero attached hydrogens (tertiary/aromatic N) is 1. The first-order valence-electron chi connectivity index (χ1n) is 13.8. The number of hydrogen-bond acceptors (Lipinski definition) is 4. The van der Waals surface area contributed by atoms with Crippen molar-refractivity contribution in [2.75, 3.05) is 13.2 Å². The van der Waals surface area contributed by atoms with Crippen molar-refractivity contribution >= 4 is 11.9 Å². The van der Waals surface area contributed by atoms with Gasteiger partial charge in [0.15, 0.2) is 5.78 Å². The minimum atomic E-state index is -0.685. The fourth-order valence-corrected chi connectivity index (χ4v) is 4.76. The van der Waals surface area contributed by atoms with Crippen LogP contribution in [0.1, 0.15) is 121 Å². The molecule has 0 aliphatic heterocycles. The summed E-state index contributed by atoms with van der Waals surface area (Å²) in [5, 5.41) is 0. The van der Waals surface area contributed by atoms with Crippen LogP contribution in [0.4, 0.5) is 4.79 Å². The van der Waals surface area contributed by atoms with Gasteiger partial charge >= 0.3 is 6.09 Å². The predicted octanol–water partition coefficient (Wildman–Crippen LogP) is 8.52. The van der Waals surface area contributed by atoms with Gasteiger partial charge in [-0.2, -0.15) is 0 Å². The lowest BCUT2D eigenvalue weighted by Crippen LogP contribution is -2.50. The standard InChI is InChI=1S/C31H57NO4/c1-14-15-16-17-18-19-20-27(29(6,7)8)31(12,13)35-22-25(23(2)3)32(21-26(33)24(4)5)28(34)36-30(9,10)11/h25,27H,2,4,14-22H2,1,3,5-13H3/t25-,27?/m1/s1. The molecule has 0 bridgehead atoms. The van der Waals surface area contributed by atoms with Crippen molar-refractivity contribution in [2.45, 2.75) is 138 Å². The summed E-state index contributed by atoms with van der Waals surface area (Å²) in [6.07, 6.45) is 8.11. The molecule has 0 spiro atoms. The average molecular weight is 508 g/mol. The highest BCUT2D eigenvalue weighted by molar-refractivity contribution is 5.97. The van der Waals surface area contributed by atoms with Crippen LogP contribution in [-0.2, 0) is 14.3 Å². The van der Waals surface area contributed by atoms with E-state index in [2.05, 4.69) is 54.7 Å². The Hall–Kier alpha value is -1.62. The number of amides is 1. The van der Waals surface area contributed by atoms with Crippen LogP contribution in [-0.4, -0.2) is 47.2 Å². The normalized spacial score (nSPS) is 14.2. The Kier molecular flexibility index (Phi) is 14.3. The fraction of sp³-hybridized carbons (Fsp3) is 0.806. The first-order chi connectivity index (χ1) is 16.3. The lowest BCUT2D eigenvalue weighted by Gasteiger charge is -2.44. The highest BCUT2D eigenvalue weighted by Crippen LogP contribution is 2.40. The Bertz CT molecular complexity index is 724.